The van der Waals surface area contributed by atoms with Crippen LogP contribution in [0, 0.1) is 5.92 Å². The Morgan fingerprint density at radius 3 is 2.35 bits per heavy atom. The topological polar surface area (TPSA) is 43.8 Å². The maximum absolute atomic E-state index is 6.26. The summed E-state index contributed by atoms with van der Waals surface area (Å²) in [6.45, 7) is 8.61. The Hall–Kier alpha value is -1.35. The predicted molar refractivity (Wildman–Crippen MR) is 71.9 cm³/mol. The zero-order valence-corrected chi connectivity index (χ0v) is 11.0. The zero-order valence-electron chi connectivity index (χ0n) is 11.0. The molecule has 1 aromatic carbocycles. The fraction of sp³-hybridized carbons (Fsp3) is 0.500. The van der Waals surface area contributed by atoms with Gasteiger partial charge in [-0.1, -0.05) is 26.0 Å². The van der Waals surface area contributed by atoms with E-state index in [-0.39, 0.29) is 6.04 Å². The van der Waals surface area contributed by atoms with E-state index in [4.69, 9.17) is 10.7 Å². The second-order valence-electron chi connectivity index (χ2n) is 5.19. The quantitative estimate of drug-likeness (QED) is 0.881. The van der Waals surface area contributed by atoms with Crippen LogP contribution in [0.25, 0.3) is 11.0 Å². The van der Waals surface area contributed by atoms with Crippen molar-refractivity contribution in [2.75, 3.05) is 0 Å². The van der Waals surface area contributed by atoms with Crippen molar-refractivity contribution in [1.29, 1.82) is 0 Å². The molecule has 2 rings (SSSR count). The van der Waals surface area contributed by atoms with Crippen molar-refractivity contribution in [3.8, 4) is 0 Å². The summed E-state index contributed by atoms with van der Waals surface area (Å²) in [5.74, 6) is 1.39. The largest absolute Gasteiger partial charge is 0.324 e. The first kappa shape index (κ1) is 12.1. The highest BCUT2D eigenvalue weighted by Gasteiger charge is 2.20. The molecule has 2 aromatic rings. The summed E-state index contributed by atoms with van der Waals surface area (Å²) in [5.41, 5.74) is 8.47. The number of benzene rings is 1. The highest BCUT2D eigenvalue weighted by molar-refractivity contribution is 5.76. The third-order valence-corrected chi connectivity index (χ3v) is 3.16. The lowest BCUT2D eigenvalue weighted by molar-refractivity contribution is 0.453. The van der Waals surface area contributed by atoms with Gasteiger partial charge in [0.15, 0.2) is 0 Å². The van der Waals surface area contributed by atoms with Crippen molar-refractivity contribution >= 4 is 11.0 Å². The monoisotopic (exact) mass is 231 g/mol. The van der Waals surface area contributed by atoms with Gasteiger partial charge in [-0.05, 0) is 31.9 Å². The number of aromatic nitrogens is 2. The number of fused-ring (bicyclic) bond motifs is 1. The fourth-order valence-corrected chi connectivity index (χ4v) is 2.14. The molecule has 0 aliphatic carbocycles. The van der Waals surface area contributed by atoms with E-state index >= 15 is 0 Å². The summed E-state index contributed by atoms with van der Waals surface area (Å²) in [4.78, 5) is 4.69. The van der Waals surface area contributed by atoms with Gasteiger partial charge < -0.3 is 10.3 Å². The van der Waals surface area contributed by atoms with E-state index in [2.05, 4.69) is 38.3 Å². The molecule has 1 atom stereocenters. The number of para-hydroxylation sites is 2. The minimum Gasteiger partial charge on any atom is -0.324 e. The average Bonchev–Trinajstić information content (AvgIpc) is 2.66. The summed E-state index contributed by atoms with van der Waals surface area (Å²) in [5, 5.41) is 0. The van der Waals surface area contributed by atoms with Crippen molar-refractivity contribution in [2.24, 2.45) is 11.7 Å². The fourth-order valence-electron chi connectivity index (χ4n) is 2.14. The van der Waals surface area contributed by atoms with E-state index in [1.807, 2.05) is 18.2 Å². The number of hydrogen-bond donors (Lipinski definition) is 1. The molecule has 2 N–H and O–H groups in total. The molecule has 1 aromatic heterocycles. The van der Waals surface area contributed by atoms with Crippen LogP contribution in [-0.4, -0.2) is 9.55 Å². The van der Waals surface area contributed by atoms with E-state index in [9.17, 15) is 0 Å². The van der Waals surface area contributed by atoms with Gasteiger partial charge in [-0.3, -0.25) is 0 Å². The first-order chi connectivity index (χ1) is 8.02. The standard InChI is InChI=1S/C14H21N3/c1-9(2)13(15)14-16-11-7-5-6-8-12(11)17(14)10(3)4/h5-10,13H,15H2,1-4H3/t13-/m0/s1. The Bertz CT molecular complexity index is 511. The predicted octanol–water partition coefficient (Wildman–Crippen LogP) is 3.27. The summed E-state index contributed by atoms with van der Waals surface area (Å²) >= 11 is 0. The van der Waals surface area contributed by atoms with Crippen LogP contribution < -0.4 is 5.73 Å². The molecule has 0 radical (unpaired) electrons. The van der Waals surface area contributed by atoms with Crippen LogP contribution in [0.3, 0.4) is 0 Å². The summed E-state index contributed by atoms with van der Waals surface area (Å²) in [6, 6.07) is 8.59. The lowest BCUT2D eigenvalue weighted by Gasteiger charge is -2.19. The number of imidazole rings is 1. The average molecular weight is 231 g/mol. The second kappa shape index (κ2) is 4.49. The maximum Gasteiger partial charge on any atom is 0.127 e. The van der Waals surface area contributed by atoms with Crippen molar-refractivity contribution in [2.45, 2.75) is 39.8 Å². The molecular weight excluding hydrogens is 210 g/mol. The Kier molecular flexibility index (Phi) is 3.20. The van der Waals surface area contributed by atoms with Gasteiger partial charge in [0.2, 0.25) is 0 Å². The summed E-state index contributed by atoms with van der Waals surface area (Å²) < 4.78 is 2.25. The van der Waals surface area contributed by atoms with Gasteiger partial charge in [-0.2, -0.15) is 0 Å². The Morgan fingerprint density at radius 1 is 1.12 bits per heavy atom. The Labute approximate surface area is 103 Å². The number of hydrogen-bond acceptors (Lipinski definition) is 2. The van der Waals surface area contributed by atoms with Crippen LogP contribution >= 0.6 is 0 Å². The molecule has 0 spiro atoms. The molecule has 0 fully saturated rings. The summed E-state index contributed by atoms with van der Waals surface area (Å²) in [6.07, 6.45) is 0. The molecular formula is C14H21N3. The van der Waals surface area contributed by atoms with Crippen LogP contribution in [0.15, 0.2) is 24.3 Å². The minimum absolute atomic E-state index is 0.00944. The van der Waals surface area contributed by atoms with E-state index in [0.29, 0.717) is 12.0 Å². The van der Waals surface area contributed by atoms with Crippen LogP contribution in [0.2, 0.25) is 0 Å². The zero-order chi connectivity index (χ0) is 12.6. The van der Waals surface area contributed by atoms with E-state index < -0.39 is 0 Å². The lowest BCUT2D eigenvalue weighted by atomic mass is 10.0. The van der Waals surface area contributed by atoms with E-state index in [1.54, 1.807) is 0 Å². The van der Waals surface area contributed by atoms with E-state index in [1.165, 1.54) is 5.52 Å². The van der Waals surface area contributed by atoms with Gasteiger partial charge in [-0.15, -0.1) is 0 Å². The number of nitrogens with zero attached hydrogens (tertiary/aromatic N) is 2. The highest BCUT2D eigenvalue weighted by Crippen LogP contribution is 2.26. The van der Waals surface area contributed by atoms with Crippen LogP contribution in [-0.2, 0) is 0 Å². The smallest absolute Gasteiger partial charge is 0.127 e. The summed E-state index contributed by atoms with van der Waals surface area (Å²) in [7, 11) is 0. The van der Waals surface area contributed by atoms with Crippen LogP contribution in [0.4, 0.5) is 0 Å². The van der Waals surface area contributed by atoms with Gasteiger partial charge in [0.05, 0.1) is 17.1 Å². The van der Waals surface area contributed by atoms with Gasteiger partial charge in [0.1, 0.15) is 5.82 Å². The molecule has 0 saturated heterocycles. The molecule has 92 valence electrons. The highest BCUT2D eigenvalue weighted by atomic mass is 15.1. The molecule has 3 heteroatoms. The second-order valence-corrected chi connectivity index (χ2v) is 5.19. The SMILES string of the molecule is CC(C)[C@H](N)c1nc2ccccc2n1C(C)C. The van der Waals surface area contributed by atoms with Gasteiger partial charge in [0, 0.05) is 6.04 Å². The molecule has 0 saturated carbocycles. The van der Waals surface area contributed by atoms with Gasteiger partial charge >= 0.3 is 0 Å². The lowest BCUT2D eigenvalue weighted by Crippen LogP contribution is -2.22. The molecule has 17 heavy (non-hydrogen) atoms. The van der Waals surface area contributed by atoms with E-state index in [0.717, 1.165) is 11.3 Å². The number of rotatable bonds is 3. The van der Waals surface area contributed by atoms with Crippen LogP contribution in [0.1, 0.15) is 45.6 Å². The molecule has 0 unspecified atom stereocenters. The number of nitrogens with two attached hydrogens (primary N) is 1. The Balaban J connectivity index is 2.66. The normalized spacial score (nSPS) is 13.8. The Morgan fingerprint density at radius 2 is 1.76 bits per heavy atom. The maximum atomic E-state index is 6.26. The molecule has 0 amide bonds. The van der Waals surface area contributed by atoms with Crippen molar-refractivity contribution in [1.82, 2.24) is 9.55 Å². The van der Waals surface area contributed by atoms with Crippen molar-refractivity contribution in [3.05, 3.63) is 30.1 Å². The molecule has 0 aliphatic rings. The molecule has 3 nitrogen and oxygen atoms in total. The first-order valence-corrected chi connectivity index (χ1v) is 6.24. The van der Waals surface area contributed by atoms with Crippen LogP contribution in [0.5, 0.6) is 0 Å². The molecule has 0 bridgehead atoms. The third kappa shape index (κ3) is 2.07. The van der Waals surface area contributed by atoms with Gasteiger partial charge in [0.25, 0.3) is 0 Å². The third-order valence-electron chi connectivity index (χ3n) is 3.16. The molecule has 1 heterocycles. The molecule has 0 aliphatic heterocycles. The van der Waals surface area contributed by atoms with Crippen molar-refractivity contribution < 1.29 is 0 Å². The van der Waals surface area contributed by atoms with Gasteiger partial charge in [-0.25, -0.2) is 4.98 Å². The first-order valence-electron chi connectivity index (χ1n) is 6.24. The van der Waals surface area contributed by atoms with Crippen molar-refractivity contribution in [3.63, 3.8) is 0 Å². The minimum atomic E-state index is -0.00944.